The molecule has 1 aliphatic carbocycles. The zero-order chi connectivity index (χ0) is 20.9. The minimum absolute atomic E-state index is 0.0213. The van der Waals surface area contributed by atoms with E-state index in [0.29, 0.717) is 41.6 Å². The third kappa shape index (κ3) is 2.73. The minimum atomic E-state index is -1.26. The number of nitrogens with two attached hydrogens (primary N) is 2. The van der Waals surface area contributed by atoms with Crippen LogP contribution in [0.25, 0.3) is 22.3 Å². The smallest absolute Gasteiger partial charge is 0.336 e. The Kier molecular flexibility index (Phi) is 4.27. The molecular weight excluding hydrogens is 374 g/mol. The number of aromatic hydroxyl groups is 1. The number of carboxylic acids is 1. The van der Waals surface area contributed by atoms with Crippen molar-refractivity contribution >= 4 is 22.9 Å². The lowest BCUT2D eigenvalue weighted by molar-refractivity contribution is -0.127. The highest BCUT2D eigenvalue weighted by molar-refractivity contribution is 6.04. The fraction of sp³-hybridized carbons (Fsp3) is 0.300. The maximum atomic E-state index is 12.5. The molecule has 0 bridgehead atoms. The predicted octanol–water partition coefficient (Wildman–Crippen LogP) is 1.50. The fourth-order valence-electron chi connectivity index (χ4n) is 4.20. The van der Waals surface area contributed by atoms with Crippen LogP contribution in [0.1, 0.15) is 35.3 Å². The average molecular weight is 395 g/mol. The monoisotopic (exact) mass is 395 g/mol. The number of rotatable bonds is 4. The number of benzene rings is 1. The van der Waals surface area contributed by atoms with Crippen LogP contribution in [0.5, 0.6) is 5.75 Å². The van der Waals surface area contributed by atoms with Crippen molar-refractivity contribution in [1.82, 2.24) is 14.8 Å². The van der Waals surface area contributed by atoms with Crippen LogP contribution in [0.15, 0.2) is 30.3 Å². The van der Waals surface area contributed by atoms with Crippen LogP contribution in [0.3, 0.4) is 0 Å². The van der Waals surface area contributed by atoms with Crippen molar-refractivity contribution in [3.63, 3.8) is 0 Å². The van der Waals surface area contributed by atoms with E-state index in [4.69, 9.17) is 11.5 Å². The summed E-state index contributed by atoms with van der Waals surface area (Å²) >= 11 is 0. The number of aryl methyl sites for hydroxylation is 1. The Morgan fingerprint density at radius 3 is 2.52 bits per heavy atom. The molecule has 3 aromatic rings. The Morgan fingerprint density at radius 2 is 1.97 bits per heavy atom. The summed E-state index contributed by atoms with van der Waals surface area (Å²) < 4.78 is 1.42. The topological polar surface area (TPSA) is 157 Å². The first-order valence-electron chi connectivity index (χ1n) is 9.24. The highest BCUT2D eigenvalue weighted by Crippen LogP contribution is 2.39. The fourth-order valence-corrected chi connectivity index (χ4v) is 4.20. The van der Waals surface area contributed by atoms with E-state index in [0.717, 1.165) is 0 Å². The van der Waals surface area contributed by atoms with Gasteiger partial charge in [-0.25, -0.2) is 14.5 Å². The number of amides is 1. The maximum Gasteiger partial charge on any atom is 0.336 e. The minimum Gasteiger partial charge on any atom is -0.508 e. The number of hydrogen-bond donors (Lipinski definition) is 4. The SMILES string of the molecule is Cc1nn([C@]2(C(N)=O)CCC[C@H]2N)c2nc(-c3ccc(O)cc3)cc(C(=O)O)c12. The zero-order valence-corrected chi connectivity index (χ0v) is 15.8. The molecule has 0 radical (unpaired) electrons. The highest BCUT2D eigenvalue weighted by Gasteiger charge is 2.50. The molecule has 4 rings (SSSR count). The van der Waals surface area contributed by atoms with Crippen LogP contribution in [-0.4, -0.2) is 42.9 Å². The summed E-state index contributed by atoms with van der Waals surface area (Å²) in [5.41, 5.74) is 12.5. The molecule has 1 aliphatic rings. The van der Waals surface area contributed by atoms with Crippen molar-refractivity contribution < 1.29 is 19.8 Å². The third-order valence-electron chi connectivity index (χ3n) is 5.70. The number of primary amides is 1. The first-order valence-corrected chi connectivity index (χ1v) is 9.24. The summed E-state index contributed by atoms with van der Waals surface area (Å²) in [5.74, 6) is -1.66. The quantitative estimate of drug-likeness (QED) is 0.521. The normalized spacial score (nSPS) is 21.5. The summed E-state index contributed by atoms with van der Waals surface area (Å²) in [6.07, 6.45) is 1.72. The summed E-state index contributed by atoms with van der Waals surface area (Å²) in [6, 6.07) is 7.16. The predicted molar refractivity (Wildman–Crippen MR) is 105 cm³/mol. The highest BCUT2D eigenvalue weighted by atomic mass is 16.4. The van der Waals surface area contributed by atoms with Gasteiger partial charge in [-0.1, -0.05) is 0 Å². The molecule has 1 saturated carbocycles. The Hall–Kier alpha value is -3.46. The zero-order valence-electron chi connectivity index (χ0n) is 15.8. The molecule has 9 nitrogen and oxygen atoms in total. The van der Waals surface area contributed by atoms with E-state index in [1.54, 1.807) is 19.1 Å². The molecule has 1 fully saturated rings. The number of fused-ring (bicyclic) bond motifs is 1. The van der Waals surface area contributed by atoms with Gasteiger partial charge in [0.1, 0.15) is 5.75 Å². The number of phenols is 1. The first-order chi connectivity index (χ1) is 13.8. The van der Waals surface area contributed by atoms with Gasteiger partial charge in [0, 0.05) is 11.6 Å². The number of carbonyl (C=O) groups is 2. The number of pyridine rings is 1. The van der Waals surface area contributed by atoms with Gasteiger partial charge in [-0.2, -0.15) is 5.10 Å². The van der Waals surface area contributed by atoms with Gasteiger partial charge in [0.25, 0.3) is 0 Å². The van der Waals surface area contributed by atoms with Crippen molar-refractivity contribution in [2.75, 3.05) is 0 Å². The molecule has 150 valence electrons. The molecule has 0 saturated heterocycles. The van der Waals surface area contributed by atoms with E-state index < -0.39 is 23.5 Å². The van der Waals surface area contributed by atoms with E-state index >= 15 is 0 Å². The van der Waals surface area contributed by atoms with Gasteiger partial charge < -0.3 is 21.7 Å². The molecule has 0 aliphatic heterocycles. The average Bonchev–Trinajstić information content (AvgIpc) is 3.22. The summed E-state index contributed by atoms with van der Waals surface area (Å²) in [7, 11) is 0. The number of aromatic nitrogens is 3. The molecular formula is C20H21N5O4. The third-order valence-corrected chi connectivity index (χ3v) is 5.70. The van der Waals surface area contributed by atoms with Crippen LogP contribution in [0.4, 0.5) is 0 Å². The van der Waals surface area contributed by atoms with Gasteiger partial charge in [0.05, 0.1) is 22.3 Å². The van der Waals surface area contributed by atoms with Crippen LogP contribution in [0.2, 0.25) is 0 Å². The second-order valence-corrected chi connectivity index (χ2v) is 7.39. The molecule has 1 amide bonds. The molecule has 1 aromatic carbocycles. The Balaban J connectivity index is 2.06. The first kappa shape index (κ1) is 18.9. The van der Waals surface area contributed by atoms with E-state index in [1.807, 2.05) is 0 Å². The molecule has 9 heteroatoms. The van der Waals surface area contributed by atoms with Gasteiger partial charge in [-0.3, -0.25) is 4.79 Å². The molecule has 2 aromatic heterocycles. The molecule has 2 atom stereocenters. The van der Waals surface area contributed by atoms with Crippen LogP contribution in [-0.2, 0) is 10.3 Å². The van der Waals surface area contributed by atoms with Crippen molar-refractivity contribution in [3.05, 3.63) is 41.6 Å². The molecule has 0 unspecified atom stereocenters. The number of carbonyl (C=O) groups excluding carboxylic acids is 1. The Labute approximate surface area is 166 Å². The van der Waals surface area contributed by atoms with Gasteiger partial charge in [-0.15, -0.1) is 0 Å². The molecule has 6 N–H and O–H groups in total. The van der Waals surface area contributed by atoms with E-state index in [1.165, 1.54) is 22.9 Å². The Morgan fingerprint density at radius 1 is 1.28 bits per heavy atom. The summed E-state index contributed by atoms with van der Waals surface area (Å²) in [5, 5.41) is 24.2. The van der Waals surface area contributed by atoms with E-state index in [2.05, 4.69) is 10.1 Å². The van der Waals surface area contributed by atoms with E-state index in [9.17, 15) is 19.8 Å². The second-order valence-electron chi connectivity index (χ2n) is 7.39. The Bertz CT molecular complexity index is 1140. The van der Waals surface area contributed by atoms with Crippen molar-refractivity contribution in [2.45, 2.75) is 37.8 Å². The van der Waals surface area contributed by atoms with Crippen LogP contribution in [0, 0.1) is 6.92 Å². The summed E-state index contributed by atoms with van der Waals surface area (Å²) in [6.45, 7) is 1.67. The molecule has 2 heterocycles. The standard InChI is InChI=1S/C20H21N5O4/c1-10-16-13(18(27)28)9-14(11-4-6-12(26)7-5-11)23-17(16)25(24-10)20(19(22)29)8-2-3-15(20)21/h4-7,9,15,26H,2-3,8,21H2,1H3,(H2,22,29)(H,27,28)/t15-,20-/m1/s1. The van der Waals surface area contributed by atoms with Gasteiger partial charge in [0.2, 0.25) is 5.91 Å². The van der Waals surface area contributed by atoms with Gasteiger partial charge in [-0.05, 0) is 56.5 Å². The number of nitrogens with zero attached hydrogens (tertiary/aromatic N) is 3. The van der Waals surface area contributed by atoms with Gasteiger partial charge >= 0.3 is 5.97 Å². The van der Waals surface area contributed by atoms with Gasteiger partial charge in [0.15, 0.2) is 11.2 Å². The molecule has 0 spiro atoms. The number of hydrogen-bond acceptors (Lipinski definition) is 6. The lowest BCUT2D eigenvalue weighted by Gasteiger charge is -2.30. The number of aromatic carboxylic acids is 1. The van der Waals surface area contributed by atoms with Crippen LogP contribution >= 0.6 is 0 Å². The van der Waals surface area contributed by atoms with Crippen LogP contribution < -0.4 is 11.5 Å². The van der Waals surface area contributed by atoms with E-state index in [-0.39, 0.29) is 17.0 Å². The lowest BCUT2D eigenvalue weighted by Crippen LogP contribution is -2.55. The largest absolute Gasteiger partial charge is 0.508 e. The lowest BCUT2D eigenvalue weighted by atomic mass is 9.92. The van der Waals surface area contributed by atoms with Crippen molar-refractivity contribution in [2.24, 2.45) is 11.5 Å². The number of carboxylic acid groups (broad SMARTS) is 1. The van der Waals surface area contributed by atoms with Crippen molar-refractivity contribution in [3.8, 4) is 17.0 Å². The molecule has 29 heavy (non-hydrogen) atoms. The second kappa shape index (κ2) is 6.56. The van der Waals surface area contributed by atoms with Crippen molar-refractivity contribution in [1.29, 1.82) is 0 Å². The maximum absolute atomic E-state index is 12.5. The summed E-state index contributed by atoms with van der Waals surface area (Å²) in [4.78, 5) is 29.1. The number of phenolic OH excluding ortho intramolecular Hbond substituents is 1.